The number of nitrogens with one attached hydrogen (secondary N) is 1. The molecule has 1 saturated carbocycles. The Hall–Kier alpha value is -2.62. The van der Waals surface area contributed by atoms with E-state index in [9.17, 15) is 4.79 Å². The summed E-state index contributed by atoms with van der Waals surface area (Å²) >= 11 is 0. The highest BCUT2D eigenvalue weighted by molar-refractivity contribution is 5.79. The first-order chi connectivity index (χ1) is 13.7. The van der Waals surface area contributed by atoms with Crippen LogP contribution in [0.5, 0.6) is 0 Å². The summed E-state index contributed by atoms with van der Waals surface area (Å²) in [5.41, 5.74) is 3.42. The van der Waals surface area contributed by atoms with E-state index in [0.29, 0.717) is 6.54 Å². The first kappa shape index (κ1) is 18.7. The highest BCUT2D eigenvalue weighted by Gasteiger charge is 2.21. The van der Waals surface area contributed by atoms with Gasteiger partial charge < -0.3 is 9.88 Å². The number of hydrogen-bond donors (Lipinski definition) is 1. The molecule has 146 valence electrons. The molecule has 1 aliphatic carbocycles. The minimum absolute atomic E-state index is 0.192. The molecule has 0 radical (unpaired) electrons. The quantitative estimate of drug-likeness (QED) is 0.667. The monoisotopic (exact) mass is 375 g/mol. The van der Waals surface area contributed by atoms with Crippen LogP contribution in [0, 0.1) is 5.92 Å². The molecule has 4 rings (SSSR count). The van der Waals surface area contributed by atoms with Crippen molar-refractivity contribution in [3.8, 4) is 0 Å². The smallest absolute Gasteiger partial charge is 0.223 e. The van der Waals surface area contributed by atoms with Gasteiger partial charge in [0.15, 0.2) is 0 Å². The average molecular weight is 376 g/mol. The number of imidazole rings is 1. The number of rotatable bonds is 6. The zero-order valence-electron chi connectivity index (χ0n) is 16.6. The molecule has 1 N–H and O–H groups in total. The van der Waals surface area contributed by atoms with Gasteiger partial charge in [0.1, 0.15) is 5.82 Å². The highest BCUT2D eigenvalue weighted by Crippen LogP contribution is 2.26. The van der Waals surface area contributed by atoms with E-state index in [4.69, 9.17) is 4.98 Å². The molecule has 0 spiro atoms. The summed E-state index contributed by atoms with van der Waals surface area (Å²) in [5.74, 6) is 1.45. The number of fused-ring (bicyclic) bond motifs is 1. The van der Waals surface area contributed by atoms with Crippen LogP contribution in [0.15, 0.2) is 54.6 Å². The maximum Gasteiger partial charge on any atom is 0.223 e. The molecule has 1 heterocycles. The van der Waals surface area contributed by atoms with Crippen LogP contribution in [-0.2, 0) is 11.2 Å². The van der Waals surface area contributed by atoms with Crippen LogP contribution >= 0.6 is 0 Å². The standard InChI is InChI=1S/C24H29N3O/c1-18(19-10-4-2-5-11-19)27-22-15-9-8-14-21(22)26-23(27)16-17-25-24(28)20-12-6-3-7-13-20/h2,4-5,8-11,14-15,18,20H,3,6-7,12-13,16-17H2,1H3,(H,25,28)/t18-/m1/s1. The molecular weight excluding hydrogens is 346 g/mol. The van der Waals surface area contributed by atoms with Crippen LogP contribution in [0.25, 0.3) is 11.0 Å². The summed E-state index contributed by atoms with van der Waals surface area (Å²) in [4.78, 5) is 17.3. The van der Waals surface area contributed by atoms with E-state index < -0.39 is 0 Å². The van der Waals surface area contributed by atoms with E-state index in [2.05, 4.69) is 59.3 Å². The summed E-state index contributed by atoms with van der Waals surface area (Å²) in [6.45, 7) is 2.85. The van der Waals surface area contributed by atoms with E-state index >= 15 is 0 Å². The molecule has 0 aliphatic heterocycles. The molecule has 1 fully saturated rings. The minimum Gasteiger partial charge on any atom is -0.355 e. The van der Waals surface area contributed by atoms with Crippen LogP contribution in [-0.4, -0.2) is 22.0 Å². The Morgan fingerprint density at radius 1 is 1.07 bits per heavy atom. The molecule has 28 heavy (non-hydrogen) atoms. The summed E-state index contributed by atoms with van der Waals surface area (Å²) in [7, 11) is 0. The summed E-state index contributed by atoms with van der Waals surface area (Å²) in [6.07, 6.45) is 6.45. The van der Waals surface area contributed by atoms with Crippen LogP contribution in [0.3, 0.4) is 0 Å². The molecule has 3 aromatic rings. The fourth-order valence-electron chi connectivity index (χ4n) is 4.39. The van der Waals surface area contributed by atoms with E-state index in [-0.39, 0.29) is 17.9 Å². The van der Waals surface area contributed by atoms with Crippen molar-refractivity contribution in [1.82, 2.24) is 14.9 Å². The second-order valence-electron chi connectivity index (χ2n) is 7.85. The maximum atomic E-state index is 12.5. The van der Waals surface area contributed by atoms with Crippen molar-refractivity contribution in [3.63, 3.8) is 0 Å². The van der Waals surface area contributed by atoms with Gasteiger partial charge in [-0.25, -0.2) is 4.98 Å². The van der Waals surface area contributed by atoms with Crippen molar-refractivity contribution in [1.29, 1.82) is 0 Å². The van der Waals surface area contributed by atoms with Gasteiger partial charge in [-0.2, -0.15) is 0 Å². The fourth-order valence-corrected chi connectivity index (χ4v) is 4.39. The molecule has 1 aromatic heterocycles. The second-order valence-corrected chi connectivity index (χ2v) is 7.85. The number of carbonyl (C=O) groups excluding carboxylic acids is 1. The van der Waals surface area contributed by atoms with Crippen molar-refractivity contribution in [2.45, 2.75) is 51.5 Å². The molecule has 4 heteroatoms. The second kappa shape index (κ2) is 8.59. The Kier molecular flexibility index (Phi) is 5.75. The minimum atomic E-state index is 0.192. The number of aromatic nitrogens is 2. The Labute approximate surface area is 167 Å². The van der Waals surface area contributed by atoms with Crippen molar-refractivity contribution < 1.29 is 4.79 Å². The molecule has 4 nitrogen and oxygen atoms in total. The van der Waals surface area contributed by atoms with Gasteiger partial charge >= 0.3 is 0 Å². The molecule has 1 amide bonds. The number of benzene rings is 2. The van der Waals surface area contributed by atoms with E-state index in [0.717, 1.165) is 36.1 Å². The van der Waals surface area contributed by atoms with E-state index in [1.165, 1.54) is 24.8 Å². The predicted molar refractivity (Wildman–Crippen MR) is 113 cm³/mol. The largest absolute Gasteiger partial charge is 0.355 e. The van der Waals surface area contributed by atoms with Gasteiger partial charge in [0.05, 0.1) is 17.1 Å². The van der Waals surface area contributed by atoms with Crippen molar-refractivity contribution in [3.05, 3.63) is 66.0 Å². The lowest BCUT2D eigenvalue weighted by atomic mass is 9.89. The predicted octanol–water partition coefficient (Wildman–Crippen LogP) is 4.88. The van der Waals surface area contributed by atoms with Gasteiger partial charge in [0.25, 0.3) is 0 Å². The van der Waals surface area contributed by atoms with E-state index in [1.54, 1.807) is 0 Å². The van der Waals surface area contributed by atoms with Crippen LogP contribution in [0.2, 0.25) is 0 Å². The number of para-hydroxylation sites is 2. The lowest BCUT2D eigenvalue weighted by molar-refractivity contribution is -0.125. The van der Waals surface area contributed by atoms with E-state index in [1.807, 2.05) is 12.1 Å². The first-order valence-electron chi connectivity index (χ1n) is 10.5. The van der Waals surface area contributed by atoms with Crippen LogP contribution in [0.4, 0.5) is 0 Å². The highest BCUT2D eigenvalue weighted by atomic mass is 16.1. The molecular formula is C24H29N3O. The third-order valence-electron chi connectivity index (χ3n) is 5.96. The van der Waals surface area contributed by atoms with Gasteiger partial charge in [0.2, 0.25) is 5.91 Å². The Bertz CT molecular complexity index is 925. The van der Waals surface area contributed by atoms with Gasteiger partial charge in [0, 0.05) is 18.9 Å². The zero-order chi connectivity index (χ0) is 19.3. The third kappa shape index (κ3) is 3.96. The molecule has 1 aliphatic rings. The maximum absolute atomic E-state index is 12.5. The molecule has 0 bridgehead atoms. The Morgan fingerprint density at radius 2 is 1.79 bits per heavy atom. The third-order valence-corrected chi connectivity index (χ3v) is 5.96. The summed E-state index contributed by atoms with van der Waals surface area (Å²) in [5, 5.41) is 3.16. The van der Waals surface area contributed by atoms with Crippen molar-refractivity contribution in [2.75, 3.05) is 6.54 Å². The SMILES string of the molecule is C[C@H](c1ccccc1)n1c(CCNC(=O)C2CCCCC2)nc2ccccc21. The lowest BCUT2D eigenvalue weighted by Gasteiger charge is -2.21. The average Bonchev–Trinajstić information content (AvgIpc) is 3.12. The topological polar surface area (TPSA) is 46.9 Å². The van der Waals surface area contributed by atoms with Crippen molar-refractivity contribution >= 4 is 16.9 Å². The van der Waals surface area contributed by atoms with Gasteiger partial charge in [-0.3, -0.25) is 4.79 Å². The number of hydrogen-bond acceptors (Lipinski definition) is 2. The fraction of sp³-hybridized carbons (Fsp3) is 0.417. The molecule has 1 atom stereocenters. The first-order valence-corrected chi connectivity index (χ1v) is 10.5. The van der Waals surface area contributed by atoms with Crippen LogP contribution in [0.1, 0.15) is 56.5 Å². The van der Waals surface area contributed by atoms with Gasteiger partial charge in [-0.15, -0.1) is 0 Å². The van der Waals surface area contributed by atoms with Crippen molar-refractivity contribution in [2.24, 2.45) is 5.92 Å². The Balaban J connectivity index is 1.52. The molecule has 0 unspecified atom stereocenters. The van der Waals surface area contributed by atoms with Gasteiger partial charge in [-0.05, 0) is 37.5 Å². The molecule has 2 aromatic carbocycles. The lowest BCUT2D eigenvalue weighted by Crippen LogP contribution is -2.33. The number of nitrogens with zero attached hydrogens (tertiary/aromatic N) is 2. The number of amides is 1. The summed E-state index contributed by atoms with van der Waals surface area (Å²) < 4.78 is 2.32. The normalized spacial score (nSPS) is 16.2. The molecule has 0 saturated heterocycles. The zero-order valence-corrected chi connectivity index (χ0v) is 16.6. The summed E-state index contributed by atoms with van der Waals surface area (Å²) in [6, 6.07) is 19.0. The van der Waals surface area contributed by atoms with Crippen LogP contribution < -0.4 is 5.32 Å². The number of carbonyl (C=O) groups is 1. The van der Waals surface area contributed by atoms with Gasteiger partial charge in [-0.1, -0.05) is 61.7 Å². The Morgan fingerprint density at radius 3 is 2.57 bits per heavy atom.